The van der Waals surface area contributed by atoms with Gasteiger partial charge in [0.25, 0.3) is 5.91 Å². The normalized spacial score (nSPS) is 12.3. The molecule has 0 spiro atoms. The predicted molar refractivity (Wildman–Crippen MR) is 131 cm³/mol. The summed E-state index contributed by atoms with van der Waals surface area (Å²) >= 11 is 0. The molecule has 0 saturated carbocycles. The largest absolute Gasteiger partial charge is 0.497 e. The van der Waals surface area contributed by atoms with Gasteiger partial charge in [-0.2, -0.15) is 0 Å². The van der Waals surface area contributed by atoms with Gasteiger partial charge in [-0.15, -0.1) is 0 Å². The van der Waals surface area contributed by atoms with Crippen LogP contribution < -0.4 is 15.4 Å². The number of ether oxygens (including phenoxy) is 2. The fourth-order valence-corrected chi connectivity index (χ4v) is 4.10. The molecule has 35 heavy (non-hydrogen) atoms. The molecule has 180 valence electrons. The van der Waals surface area contributed by atoms with Gasteiger partial charge in [0.15, 0.2) is 0 Å². The summed E-state index contributed by atoms with van der Waals surface area (Å²) in [6.07, 6.45) is -0.744. The fraction of sp³-hybridized carbons (Fsp3) is 0.222. The van der Waals surface area contributed by atoms with Crippen molar-refractivity contribution in [2.45, 2.75) is 25.3 Å². The van der Waals surface area contributed by atoms with Crippen LogP contribution in [-0.2, 0) is 9.53 Å². The minimum absolute atomic E-state index is 0.0774. The number of aliphatic carboxylic acids is 1. The van der Waals surface area contributed by atoms with Gasteiger partial charge in [-0.25, -0.2) is 9.59 Å². The lowest BCUT2D eigenvalue weighted by Gasteiger charge is -2.22. The summed E-state index contributed by atoms with van der Waals surface area (Å²) in [5, 5.41) is 14.4. The van der Waals surface area contributed by atoms with Crippen molar-refractivity contribution in [3.63, 3.8) is 0 Å². The lowest BCUT2D eigenvalue weighted by atomic mass is 9.98. The number of rotatable bonds is 7. The number of carbonyl (C=O) groups excluding carboxylic acids is 2. The van der Waals surface area contributed by atoms with Crippen molar-refractivity contribution in [1.82, 2.24) is 5.32 Å². The molecule has 0 heterocycles. The molecule has 3 aromatic rings. The highest BCUT2D eigenvalue weighted by molar-refractivity contribution is 6.04. The van der Waals surface area contributed by atoms with Crippen LogP contribution in [-0.4, -0.2) is 42.3 Å². The van der Waals surface area contributed by atoms with Crippen molar-refractivity contribution >= 4 is 23.7 Å². The van der Waals surface area contributed by atoms with E-state index in [0.29, 0.717) is 5.75 Å². The minimum Gasteiger partial charge on any atom is -0.497 e. The smallest absolute Gasteiger partial charge is 0.411 e. The van der Waals surface area contributed by atoms with Gasteiger partial charge in [0, 0.05) is 12.0 Å². The first kappa shape index (κ1) is 23.8. The summed E-state index contributed by atoms with van der Waals surface area (Å²) in [4.78, 5) is 37.0. The summed E-state index contributed by atoms with van der Waals surface area (Å²) < 4.78 is 10.8. The molecule has 0 bridgehead atoms. The number of carbonyl (C=O) groups is 3. The standard InChI is InChI=1S/C27H26N2O6/c1-27(2,25(31)32)29-24(30)21-13-12-16(34-3)14-23(21)28-26(33)35-15-22-19-10-6-4-8-17(19)18-9-5-7-11-20(18)22/h4-14,22H,15H2,1-3H3,(H,28,33)(H,29,30)(H,31,32). The van der Waals surface area contributed by atoms with Crippen molar-refractivity contribution < 1.29 is 29.0 Å². The second-order valence-electron chi connectivity index (χ2n) is 8.75. The molecule has 1 aliphatic rings. The monoisotopic (exact) mass is 474 g/mol. The molecule has 0 unspecified atom stereocenters. The van der Waals surface area contributed by atoms with Crippen LogP contribution in [0.25, 0.3) is 11.1 Å². The second-order valence-corrected chi connectivity index (χ2v) is 8.75. The maximum absolute atomic E-state index is 12.8. The Kier molecular flexibility index (Phi) is 6.46. The Balaban J connectivity index is 1.52. The van der Waals surface area contributed by atoms with Gasteiger partial charge in [0.1, 0.15) is 17.9 Å². The minimum atomic E-state index is -1.50. The zero-order chi connectivity index (χ0) is 25.2. The average Bonchev–Trinajstić information content (AvgIpc) is 3.16. The van der Waals surface area contributed by atoms with E-state index in [2.05, 4.69) is 10.6 Å². The van der Waals surface area contributed by atoms with Crippen LogP contribution in [0.4, 0.5) is 10.5 Å². The summed E-state index contributed by atoms with van der Waals surface area (Å²) in [5.41, 5.74) is 3.11. The Bertz CT molecular complexity index is 1250. The van der Waals surface area contributed by atoms with Gasteiger partial charge in [-0.1, -0.05) is 48.5 Å². The number of benzene rings is 3. The first-order chi connectivity index (χ1) is 16.7. The molecule has 1 aliphatic carbocycles. The van der Waals surface area contributed by atoms with E-state index in [9.17, 15) is 19.5 Å². The predicted octanol–water partition coefficient (Wildman–Crippen LogP) is 4.65. The summed E-state index contributed by atoms with van der Waals surface area (Å²) in [5.74, 6) is -1.55. The van der Waals surface area contributed by atoms with Crippen LogP contribution in [0.15, 0.2) is 66.7 Å². The highest BCUT2D eigenvalue weighted by atomic mass is 16.5. The molecule has 0 aliphatic heterocycles. The number of amides is 2. The van der Waals surface area contributed by atoms with E-state index in [4.69, 9.17) is 9.47 Å². The summed E-state index contributed by atoms with van der Waals surface area (Å²) in [7, 11) is 1.46. The first-order valence-corrected chi connectivity index (χ1v) is 11.1. The third-order valence-corrected chi connectivity index (χ3v) is 6.01. The van der Waals surface area contributed by atoms with Gasteiger partial charge < -0.3 is 19.9 Å². The molecule has 0 atom stereocenters. The summed E-state index contributed by atoms with van der Waals surface area (Å²) in [6.45, 7) is 2.85. The fourth-order valence-electron chi connectivity index (χ4n) is 4.10. The number of methoxy groups -OCH3 is 1. The third-order valence-electron chi connectivity index (χ3n) is 6.01. The van der Waals surface area contributed by atoms with Crippen molar-refractivity contribution in [3.05, 3.63) is 83.4 Å². The Labute approximate surface area is 202 Å². The van der Waals surface area contributed by atoms with Crippen LogP contribution in [0.1, 0.15) is 41.3 Å². The molecule has 8 nitrogen and oxygen atoms in total. The molecule has 8 heteroatoms. The zero-order valence-electron chi connectivity index (χ0n) is 19.6. The number of carboxylic acids is 1. The van der Waals surface area contributed by atoms with E-state index >= 15 is 0 Å². The van der Waals surface area contributed by atoms with E-state index in [1.165, 1.54) is 33.1 Å². The Morgan fingerprint density at radius 1 is 0.943 bits per heavy atom. The van der Waals surface area contributed by atoms with E-state index in [1.54, 1.807) is 6.07 Å². The highest BCUT2D eigenvalue weighted by Gasteiger charge is 2.31. The van der Waals surface area contributed by atoms with Gasteiger partial charge in [-0.3, -0.25) is 10.1 Å². The molecular formula is C27H26N2O6. The van der Waals surface area contributed by atoms with Crippen molar-refractivity contribution in [3.8, 4) is 16.9 Å². The number of carboxylic acid groups (broad SMARTS) is 1. The van der Waals surface area contributed by atoms with Crippen molar-refractivity contribution in [2.24, 2.45) is 0 Å². The first-order valence-electron chi connectivity index (χ1n) is 11.1. The Morgan fingerprint density at radius 3 is 2.11 bits per heavy atom. The van der Waals surface area contributed by atoms with Crippen molar-refractivity contribution in [2.75, 3.05) is 19.0 Å². The van der Waals surface area contributed by atoms with Gasteiger partial charge in [0.05, 0.1) is 18.4 Å². The van der Waals surface area contributed by atoms with Gasteiger partial charge in [0.2, 0.25) is 0 Å². The Morgan fingerprint density at radius 2 is 1.54 bits per heavy atom. The SMILES string of the molecule is COc1ccc(C(=O)NC(C)(C)C(=O)O)c(NC(=O)OCC2c3ccccc3-c3ccccc32)c1. The number of nitrogens with one attached hydrogen (secondary N) is 2. The average molecular weight is 475 g/mol. The highest BCUT2D eigenvalue weighted by Crippen LogP contribution is 2.44. The van der Waals surface area contributed by atoms with E-state index in [1.807, 2.05) is 48.5 Å². The van der Waals surface area contributed by atoms with E-state index in [-0.39, 0.29) is 23.8 Å². The van der Waals surface area contributed by atoms with Crippen molar-refractivity contribution in [1.29, 1.82) is 0 Å². The molecule has 4 rings (SSSR count). The lowest BCUT2D eigenvalue weighted by molar-refractivity contribution is -0.143. The molecule has 2 amide bonds. The maximum atomic E-state index is 12.8. The molecular weight excluding hydrogens is 448 g/mol. The quantitative estimate of drug-likeness (QED) is 0.459. The van der Waals surface area contributed by atoms with E-state index in [0.717, 1.165) is 22.3 Å². The molecule has 3 N–H and O–H groups in total. The zero-order valence-corrected chi connectivity index (χ0v) is 19.6. The molecule has 0 radical (unpaired) electrons. The molecule has 0 aromatic heterocycles. The van der Waals surface area contributed by atoms with Crippen LogP contribution in [0.3, 0.4) is 0 Å². The molecule has 0 saturated heterocycles. The van der Waals surface area contributed by atoms with Gasteiger partial charge in [-0.05, 0) is 48.2 Å². The number of hydrogen-bond acceptors (Lipinski definition) is 5. The number of fused-ring (bicyclic) bond motifs is 3. The third kappa shape index (κ3) is 4.82. The van der Waals surface area contributed by atoms with Crippen LogP contribution in [0.2, 0.25) is 0 Å². The second kappa shape index (κ2) is 9.50. The van der Waals surface area contributed by atoms with Crippen LogP contribution >= 0.6 is 0 Å². The number of anilines is 1. The molecule has 3 aromatic carbocycles. The van der Waals surface area contributed by atoms with Gasteiger partial charge >= 0.3 is 12.1 Å². The lowest BCUT2D eigenvalue weighted by Crippen LogP contribution is -2.49. The topological polar surface area (TPSA) is 114 Å². The van der Waals surface area contributed by atoms with Crippen LogP contribution in [0.5, 0.6) is 5.75 Å². The van der Waals surface area contributed by atoms with Crippen LogP contribution in [0, 0.1) is 0 Å². The van der Waals surface area contributed by atoms with E-state index < -0.39 is 23.5 Å². The number of hydrogen-bond donors (Lipinski definition) is 3. The summed E-state index contributed by atoms with van der Waals surface area (Å²) in [6, 6.07) is 20.5. The maximum Gasteiger partial charge on any atom is 0.411 e. The molecule has 0 fully saturated rings. The Hall–Kier alpha value is -4.33.